The van der Waals surface area contributed by atoms with Gasteiger partial charge in [-0.3, -0.25) is 14.5 Å². The number of carbonyl (C=O) groups excluding carboxylic acids is 2. The van der Waals surface area contributed by atoms with Gasteiger partial charge in [0.25, 0.3) is 11.1 Å². The van der Waals surface area contributed by atoms with Crippen molar-refractivity contribution in [1.29, 1.82) is 0 Å². The van der Waals surface area contributed by atoms with E-state index in [0.717, 1.165) is 24.6 Å². The summed E-state index contributed by atoms with van der Waals surface area (Å²) < 4.78 is 5.18. The fourth-order valence-electron chi connectivity index (χ4n) is 2.41. The maximum Gasteiger partial charge on any atom is 0.293 e. The third-order valence-corrected chi connectivity index (χ3v) is 4.54. The lowest BCUT2D eigenvalue weighted by Gasteiger charge is -2.11. The smallest absolute Gasteiger partial charge is 0.293 e. The summed E-state index contributed by atoms with van der Waals surface area (Å²) in [6, 6.07) is 13.7. The number of allylic oxidation sites excluding steroid dienone is 2. The van der Waals surface area contributed by atoms with Crippen LogP contribution >= 0.6 is 11.8 Å². The van der Waals surface area contributed by atoms with E-state index in [1.807, 2.05) is 36.4 Å². The molecule has 2 aromatic rings. The number of rotatable bonds is 6. The summed E-state index contributed by atoms with van der Waals surface area (Å²) >= 11 is 0.982. The zero-order valence-electron chi connectivity index (χ0n) is 13.1. The van der Waals surface area contributed by atoms with E-state index in [-0.39, 0.29) is 11.1 Å². The molecule has 5 heteroatoms. The SMILES string of the molecule is O=C1S/C(=C/C=C\c2ccco2)C(=O)N1CCCc1ccccc1. The molecule has 0 saturated carbocycles. The van der Waals surface area contributed by atoms with Crippen molar-refractivity contribution in [3.63, 3.8) is 0 Å². The standard InChI is InChI=1S/C19H17NO3S/c21-18-17(12-4-10-16-11-6-14-23-16)24-19(22)20(18)13-5-9-15-7-2-1-3-8-15/h1-4,6-8,10-12,14H,5,9,13H2/b10-4-,17-12+. The van der Waals surface area contributed by atoms with Crippen molar-refractivity contribution in [2.24, 2.45) is 0 Å². The molecular weight excluding hydrogens is 322 g/mol. The molecule has 1 aromatic heterocycles. The molecule has 1 aliphatic rings. The maximum atomic E-state index is 12.3. The summed E-state index contributed by atoms with van der Waals surface area (Å²) in [5, 5.41) is -0.203. The Bertz CT molecular complexity index is 763. The third kappa shape index (κ3) is 4.06. The molecule has 0 spiro atoms. The second kappa shape index (κ2) is 7.84. The minimum atomic E-state index is -0.220. The summed E-state index contributed by atoms with van der Waals surface area (Å²) in [6.07, 6.45) is 8.33. The normalized spacial score (nSPS) is 16.7. The quantitative estimate of drug-likeness (QED) is 0.727. The monoisotopic (exact) mass is 339 g/mol. The number of carbonyl (C=O) groups is 2. The van der Waals surface area contributed by atoms with Crippen molar-refractivity contribution < 1.29 is 14.0 Å². The van der Waals surface area contributed by atoms with Gasteiger partial charge in [-0.1, -0.05) is 36.4 Å². The molecule has 0 radical (unpaired) electrons. The first kappa shape index (κ1) is 16.3. The number of amides is 2. The van der Waals surface area contributed by atoms with Gasteiger partial charge < -0.3 is 4.42 Å². The first-order valence-corrected chi connectivity index (χ1v) is 8.55. The van der Waals surface area contributed by atoms with Crippen LogP contribution in [-0.2, 0) is 11.2 Å². The van der Waals surface area contributed by atoms with Crippen molar-refractivity contribution in [3.05, 3.63) is 77.1 Å². The molecule has 24 heavy (non-hydrogen) atoms. The number of benzene rings is 1. The van der Waals surface area contributed by atoms with Gasteiger partial charge in [-0.05, 0) is 54.5 Å². The topological polar surface area (TPSA) is 50.5 Å². The van der Waals surface area contributed by atoms with E-state index in [4.69, 9.17) is 4.42 Å². The van der Waals surface area contributed by atoms with Crippen LogP contribution in [0, 0.1) is 0 Å². The van der Waals surface area contributed by atoms with Crippen molar-refractivity contribution in [1.82, 2.24) is 4.90 Å². The number of hydrogen-bond donors (Lipinski definition) is 0. The molecule has 1 aliphatic heterocycles. The predicted molar refractivity (Wildman–Crippen MR) is 95.3 cm³/mol. The van der Waals surface area contributed by atoms with Gasteiger partial charge in [0, 0.05) is 6.54 Å². The van der Waals surface area contributed by atoms with E-state index in [2.05, 4.69) is 0 Å². The lowest BCUT2D eigenvalue weighted by molar-refractivity contribution is -0.122. The Kier molecular flexibility index (Phi) is 5.33. The average molecular weight is 339 g/mol. The Hall–Kier alpha value is -2.53. The summed E-state index contributed by atoms with van der Waals surface area (Å²) in [6.45, 7) is 0.443. The fourth-order valence-corrected chi connectivity index (χ4v) is 3.23. The van der Waals surface area contributed by atoms with Crippen LogP contribution in [-0.4, -0.2) is 22.6 Å². The van der Waals surface area contributed by atoms with Crippen LogP contribution in [0.25, 0.3) is 6.08 Å². The number of thioether (sulfide) groups is 1. The number of nitrogens with zero attached hydrogens (tertiary/aromatic N) is 1. The van der Waals surface area contributed by atoms with Crippen LogP contribution in [0.5, 0.6) is 0 Å². The van der Waals surface area contributed by atoms with E-state index in [1.165, 1.54) is 10.5 Å². The molecule has 0 aliphatic carbocycles. The Morgan fingerprint density at radius 2 is 1.92 bits per heavy atom. The van der Waals surface area contributed by atoms with Gasteiger partial charge in [-0.2, -0.15) is 0 Å². The predicted octanol–water partition coefficient (Wildman–Crippen LogP) is 4.50. The highest BCUT2D eigenvalue weighted by Gasteiger charge is 2.34. The second-order valence-corrected chi connectivity index (χ2v) is 6.31. The minimum Gasteiger partial charge on any atom is -0.465 e. The van der Waals surface area contributed by atoms with Crippen LogP contribution in [0.2, 0.25) is 0 Å². The van der Waals surface area contributed by atoms with E-state index < -0.39 is 0 Å². The van der Waals surface area contributed by atoms with Crippen LogP contribution < -0.4 is 0 Å². The van der Waals surface area contributed by atoms with Crippen molar-refractivity contribution in [2.75, 3.05) is 6.54 Å². The van der Waals surface area contributed by atoms with Crippen molar-refractivity contribution in [2.45, 2.75) is 12.8 Å². The number of furan rings is 1. The highest BCUT2D eigenvalue weighted by Crippen LogP contribution is 2.30. The molecular formula is C19H17NO3S. The van der Waals surface area contributed by atoms with Crippen LogP contribution in [0.3, 0.4) is 0 Å². The number of imide groups is 1. The zero-order chi connectivity index (χ0) is 16.8. The first-order chi connectivity index (χ1) is 11.7. The Balaban J connectivity index is 1.55. The molecule has 2 heterocycles. The highest BCUT2D eigenvalue weighted by atomic mass is 32.2. The Morgan fingerprint density at radius 1 is 1.08 bits per heavy atom. The van der Waals surface area contributed by atoms with Crippen molar-refractivity contribution >= 4 is 29.0 Å². The van der Waals surface area contributed by atoms with Gasteiger partial charge >= 0.3 is 0 Å². The van der Waals surface area contributed by atoms with Gasteiger partial charge in [0.2, 0.25) is 0 Å². The lowest BCUT2D eigenvalue weighted by Crippen LogP contribution is -2.29. The molecule has 0 bridgehead atoms. The van der Waals surface area contributed by atoms with E-state index in [1.54, 1.807) is 30.6 Å². The summed E-state index contributed by atoms with van der Waals surface area (Å²) in [5.41, 5.74) is 1.21. The maximum absolute atomic E-state index is 12.3. The average Bonchev–Trinajstić information content (AvgIpc) is 3.19. The number of hydrogen-bond acceptors (Lipinski definition) is 4. The Morgan fingerprint density at radius 3 is 2.67 bits per heavy atom. The number of aryl methyl sites for hydroxylation is 1. The molecule has 4 nitrogen and oxygen atoms in total. The second-order valence-electron chi connectivity index (χ2n) is 5.32. The van der Waals surface area contributed by atoms with Crippen molar-refractivity contribution in [3.8, 4) is 0 Å². The highest BCUT2D eigenvalue weighted by molar-refractivity contribution is 8.18. The molecule has 0 N–H and O–H groups in total. The van der Waals surface area contributed by atoms with E-state index >= 15 is 0 Å². The van der Waals surface area contributed by atoms with Gasteiger partial charge in [0.15, 0.2) is 0 Å². The van der Waals surface area contributed by atoms with Gasteiger partial charge in [-0.25, -0.2) is 0 Å². The lowest BCUT2D eigenvalue weighted by atomic mass is 10.1. The fraction of sp³-hybridized carbons (Fsp3) is 0.158. The minimum absolute atomic E-state index is 0.203. The van der Waals surface area contributed by atoms with Gasteiger partial charge in [0.05, 0.1) is 11.2 Å². The summed E-state index contributed by atoms with van der Waals surface area (Å²) in [5.74, 6) is 0.482. The zero-order valence-corrected chi connectivity index (χ0v) is 13.9. The van der Waals surface area contributed by atoms with Crippen LogP contribution in [0.4, 0.5) is 4.79 Å². The summed E-state index contributed by atoms with van der Waals surface area (Å²) in [4.78, 5) is 26.1. The molecule has 2 amide bonds. The van der Waals surface area contributed by atoms with Crippen LogP contribution in [0.1, 0.15) is 17.7 Å². The Labute approximate surface area is 144 Å². The van der Waals surface area contributed by atoms with Gasteiger partial charge in [0.1, 0.15) is 5.76 Å². The molecule has 0 unspecified atom stereocenters. The molecule has 3 rings (SSSR count). The van der Waals surface area contributed by atoms with E-state index in [0.29, 0.717) is 17.2 Å². The first-order valence-electron chi connectivity index (χ1n) is 7.73. The van der Waals surface area contributed by atoms with Crippen LogP contribution in [0.15, 0.2) is 70.2 Å². The molecule has 1 fully saturated rings. The molecule has 122 valence electrons. The molecule has 1 saturated heterocycles. The van der Waals surface area contributed by atoms with Gasteiger partial charge in [-0.15, -0.1) is 0 Å². The molecule has 1 aromatic carbocycles. The summed E-state index contributed by atoms with van der Waals surface area (Å²) in [7, 11) is 0. The van der Waals surface area contributed by atoms with E-state index in [9.17, 15) is 9.59 Å². The third-order valence-electron chi connectivity index (χ3n) is 3.61. The molecule has 0 atom stereocenters. The largest absolute Gasteiger partial charge is 0.465 e.